The number of carbonyl (C=O) groups is 2. The molecule has 0 N–H and O–H groups in total. The van der Waals surface area contributed by atoms with E-state index >= 15 is 0 Å². The molecule has 6 nitrogen and oxygen atoms in total. The molecule has 0 spiro atoms. The van der Waals surface area contributed by atoms with E-state index in [4.69, 9.17) is 10.00 Å². The molecule has 0 unspecified atom stereocenters. The number of nitriles is 1. The van der Waals surface area contributed by atoms with Crippen LogP contribution in [-0.4, -0.2) is 40.8 Å². The van der Waals surface area contributed by atoms with Crippen LogP contribution in [0, 0.1) is 11.3 Å². The Morgan fingerprint density at radius 1 is 1.50 bits per heavy atom. The average Bonchev–Trinajstić information content (AvgIpc) is 2.40. The lowest BCUT2D eigenvalue weighted by atomic mass is 10.1. The second kappa shape index (κ2) is 6.15. The van der Waals surface area contributed by atoms with Crippen molar-refractivity contribution in [1.29, 1.82) is 5.26 Å². The van der Waals surface area contributed by atoms with Gasteiger partial charge in [0.25, 0.3) is 0 Å². The van der Waals surface area contributed by atoms with Crippen molar-refractivity contribution in [1.82, 2.24) is 9.88 Å². The second-order valence-corrected chi connectivity index (χ2v) is 4.74. The molecule has 0 bridgehead atoms. The molecule has 20 heavy (non-hydrogen) atoms. The molecular formula is C14H15N3O3. The zero-order valence-electron chi connectivity index (χ0n) is 11.2. The van der Waals surface area contributed by atoms with Crippen LogP contribution in [0.4, 0.5) is 0 Å². The lowest BCUT2D eigenvalue weighted by molar-refractivity contribution is -0.141. The maximum Gasteiger partial charge on any atom is 0.223 e. The number of hydrogen-bond acceptors (Lipinski definition) is 5. The first kappa shape index (κ1) is 14.0. The Morgan fingerprint density at radius 2 is 2.25 bits per heavy atom. The summed E-state index contributed by atoms with van der Waals surface area (Å²) < 4.78 is 5.58. The quantitative estimate of drug-likeness (QED) is 0.796. The Kier molecular flexibility index (Phi) is 4.31. The van der Waals surface area contributed by atoms with Gasteiger partial charge in [-0.2, -0.15) is 5.26 Å². The minimum atomic E-state index is -0.0993. The SMILES string of the molecule is CC(=O)CCC(=O)N1CC(Oc2cc(C#N)ccn2)C1. The Labute approximate surface area is 117 Å². The summed E-state index contributed by atoms with van der Waals surface area (Å²) in [6.07, 6.45) is 1.96. The number of hydrogen-bond donors (Lipinski definition) is 0. The Morgan fingerprint density at radius 3 is 2.90 bits per heavy atom. The summed E-state index contributed by atoms with van der Waals surface area (Å²) in [4.78, 5) is 28.2. The first-order chi connectivity index (χ1) is 9.58. The van der Waals surface area contributed by atoms with Gasteiger partial charge in [-0.15, -0.1) is 0 Å². The molecule has 0 atom stereocenters. The molecule has 0 aliphatic carbocycles. The van der Waals surface area contributed by atoms with Crippen LogP contribution >= 0.6 is 0 Å². The number of pyridine rings is 1. The van der Waals surface area contributed by atoms with Gasteiger partial charge in [-0.1, -0.05) is 0 Å². The molecule has 1 aromatic heterocycles. The molecule has 104 valence electrons. The molecule has 0 aromatic carbocycles. The van der Waals surface area contributed by atoms with E-state index in [1.54, 1.807) is 17.0 Å². The zero-order chi connectivity index (χ0) is 14.5. The van der Waals surface area contributed by atoms with E-state index in [1.165, 1.54) is 13.1 Å². The van der Waals surface area contributed by atoms with Gasteiger partial charge in [0, 0.05) is 25.1 Å². The van der Waals surface area contributed by atoms with Gasteiger partial charge >= 0.3 is 0 Å². The van der Waals surface area contributed by atoms with Crippen LogP contribution in [0.3, 0.4) is 0 Å². The molecular weight excluding hydrogens is 258 g/mol. The van der Waals surface area contributed by atoms with Gasteiger partial charge in [0.1, 0.15) is 11.9 Å². The Bertz CT molecular complexity index is 559. The normalized spacial score (nSPS) is 14.3. The number of rotatable bonds is 5. The molecule has 1 aromatic rings. The number of nitrogens with zero attached hydrogens (tertiary/aromatic N) is 3. The molecule has 1 saturated heterocycles. The lowest BCUT2D eigenvalue weighted by Gasteiger charge is -2.38. The fourth-order valence-electron chi connectivity index (χ4n) is 1.87. The first-order valence-electron chi connectivity index (χ1n) is 6.38. The highest BCUT2D eigenvalue weighted by molar-refractivity contribution is 5.84. The van der Waals surface area contributed by atoms with Gasteiger partial charge in [0.15, 0.2) is 0 Å². The number of aromatic nitrogens is 1. The highest BCUT2D eigenvalue weighted by Crippen LogP contribution is 2.17. The lowest BCUT2D eigenvalue weighted by Crippen LogP contribution is -2.56. The van der Waals surface area contributed by atoms with Crippen molar-refractivity contribution >= 4 is 11.7 Å². The van der Waals surface area contributed by atoms with Crippen LogP contribution in [-0.2, 0) is 9.59 Å². The topological polar surface area (TPSA) is 83.3 Å². The molecule has 0 radical (unpaired) electrons. The fraction of sp³-hybridized carbons (Fsp3) is 0.429. The number of ether oxygens (including phenoxy) is 1. The van der Waals surface area contributed by atoms with Crippen LogP contribution in [0.25, 0.3) is 0 Å². The van der Waals surface area contributed by atoms with Crippen molar-refractivity contribution in [2.24, 2.45) is 0 Å². The van der Waals surface area contributed by atoms with Crippen LogP contribution in [0.1, 0.15) is 25.3 Å². The van der Waals surface area contributed by atoms with E-state index in [0.717, 1.165) is 0 Å². The molecule has 1 aliphatic rings. The van der Waals surface area contributed by atoms with Crippen molar-refractivity contribution in [3.63, 3.8) is 0 Å². The summed E-state index contributed by atoms with van der Waals surface area (Å²) in [5.41, 5.74) is 0.490. The Balaban J connectivity index is 1.77. The summed E-state index contributed by atoms with van der Waals surface area (Å²) in [6.45, 7) is 2.47. The number of Topliss-reactive ketones (excluding diaryl/α,β-unsaturated/α-hetero) is 1. The molecule has 1 aliphatic heterocycles. The first-order valence-corrected chi connectivity index (χ1v) is 6.38. The fourth-order valence-corrected chi connectivity index (χ4v) is 1.87. The molecule has 2 heterocycles. The molecule has 0 saturated carbocycles. The molecule has 1 fully saturated rings. The molecule has 2 rings (SSSR count). The van der Waals surface area contributed by atoms with Gasteiger partial charge in [-0.25, -0.2) is 4.98 Å². The summed E-state index contributed by atoms with van der Waals surface area (Å²) in [5.74, 6) is 0.382. The van der Waals surface area contributed by atoms with Crippen LogP contribution in [0.15, 0.2) is 18.3 Å². The van der Waals surface area contributed by atoms with E-state index in [9.17, 15) is 9.59 Å². The molecule has 6 heteroatoms. The summed E-state index contributed by atoms with van der Waals surface area (Å²) >= 11 is 0. The van der Waals surface area contributed by atoms with Gasteiger partial charge in [0.05, 0.1) is 24.7 Å². The minimum Gasteiger partial charge on any atom is -0.471 e. The van der Waals surface area contributed by atoms with Gasteiger partial charge in [-0.3, -0.25) is 4.79 Å². The number of likely N-dealkylation sites (tertiary alicyclic amines) is 1. The predicted octanol–water partition coefficient (Wildman–Crippen LogP) is 0.912. The van der Waals surface area contributed by atoms with Crippen molar-refractivity contribution in [3.8, 4) is 11.9 Å². The van der Waals surface area contributed by atoms with Gasteiger partial charge in [0.2, 0.25) is 11.8 Å². The maximum atomic E-state index is 11.7. The van der Waals surface area contributed by atoms with E-state index in [1.807, 2.05) is 6.07 Å². The zero-order valence-corrected chi connectivity index (χ0v) is 11.2. The number of carbonyl (C=O) groups excluding carboxylic acids is 2. The molecule has 1 amide bonds. The van der Waals surface area contributed by atoms with Crippen LogP contribution in [0.2, 0.25) is 0 Å². The second-order valence-electron chi connectivity index (χ2n) is 4.74. The van der Waals surface area contributed by atoms with E-state index in [0.29, 0.717) is 24.5 Å². The van der Waals surface area contributed by atoms with Crippen molar-refractivity contribution in [2.75, 3.05) is 13.1 Å². The van der Waals surface area contributed by atoms with Crippen molar-refractivity contribution in [2.45, 2.75) is 25.9 Å². The largest absolute Gasteiger partial charge is 0.471 e. The highest BCUT2D eigenvalue weighted by atomic mass is 16.5. The Hall–Kier alpha value is -2.42. The third kappa shape index (κ3) is 3.54. The highest BCUT2D eigenvalue weighted by Gasteiger charge is 2.32. The summed E-state index contributed by atoms with van der Waals surface area (Å²) in [5, 5.41) is 8.77. The van der Waals surface area contributed by atoms with Gasteiger partial charge < -0.3 is 14.4 Å². The monoisotopic (exact) mass is 273 g/mol. The van der Waals surface area contributed by atoms with E-state index in [-0.39, 0.29) is 30.6 Å². The standard InChI is InChI=1S/C14H15N3O3/c1-10(18)2-3-14(19)17-8-12(9-17)20-13-6-11(7-15)4-5-16-13/h4-6,12H,2-3,8-9H2,1H3. The summed E-state index contributed by atoms with van der Waals surface area (Å²) in [7, 11) is 0. The third-order valence-corrected chi connectivity index (χ3v) is 3.04. The van der Waals surface area contributed by atoms with Crippen LogP contribution in [0.5, 0.6) is 5.88 Å². The number of ketones is 1. The van der Waals surface area contributed by atoms with E-state index < -0.39 is 0 Å². The van der Waals surface area contributed by atoms with Gasteiger partial charge in [-0.05, 0) is 13.0 Å². The van der Waals surface area contributed by atoms with Crippen molar-refractivity contribution in [3.05, 3.63) is 23.9 Å². The maximum absolute atomic E-state index is 11.7. The third-order valence-electron chi connectivity index (χ3n) is 3.04. The smallest absolute Gasteiger partial charge is 0.223 e. The summed E-state index contributed by atoms with van der Waals surface area (Å²) in [6, 6.07) is 5.19. The predicted molar refractivity (Wildman–Crippen MR) is 69.9 cm³/mol. The van der Waals surface area contributed by atoms with E-state index in [2.05, 4.69) is 4.98 Å². The number of amides is 1. The van der Waals surface area contributed by atoms with Crippen LogP contribution < -0.4 is 4.74 Å². The average molecular weight is 273 g/mol. The minimum absolute atomic E-state index is 0.0178. The van der Waals surface area contributed by atoms with Crippen molar-refractivity contribution < 1.29 is 14.3 Å².